The van der Waals surface area contributed by atoms with Gasteiger partial charge in [0, 0.05) is 5.39 Å². The minimum absolute atomic E-state index is 0.0565. The number of pyridine rings is 1. The van der Waals surface area contributed by atoms with Crippen LogP contribution in [0.1, 0.15) is 10.4 Å². The van der Waals surface area contributed by atoms with Crippen molar-refractivity contribution in [3.05, 3.63) is 35.9 Å². The summed E-state index contributed by atoms with van der Waals surface area (Å²) >= 11 is 0. The lowest BCUT2D eigenvalue weighted by molar-refractivity contribution is 0.0788. The van der Waals surface area contributed by atoms with E-state index in [0.29, 0.717) is 11.8 Å². The van der Waals surface area contributed by atoms with E-state index in [-0.39, 0.29) is 11.4 Å². The fourth-order valence-electron chi connectivity index (χ4n) is 1.46. The van der Waals surface area contributed by atoms with E-state index < -0.39 is 13.0 Å². The van der Waals surface area contributed by atoms with E-state index in [9.17, 15) is 13.6 Å². The number of carbonyl (C=O) groups is 1. The molecule has 0 spiro atoms. The summed E-state index contributed by atoms with van der Waals surface area (Å²) in [6.45, 7) is -0.772. The van der Waals surface area contributed by atoms with Crippen molar-refractivity contribution in [3.8, 4) is 5.88 Å². The summed E-state index contributed by atoms with van der Waals surface area (Å²) in [4.78, 5) is 14.8. The number of aromatic nitrogens is 1. The molecule has 0 saturated carbocycles. The number of ether oxygens (including phenoxy) is 1. The molecule has 1 heterocycles. The van der Waals surface area contributed by atoms with Crippen molar-refractivity contribution in [3.63, 3.8) is 0 Å². The van der Waals surface area contributed by atoms with Crippen LogP contribution < -0.4 is 4.74 Å². The highest BCUT2D eigenvalue weighted by Crippen LogP contribution is 2.21. The number of aldehydes is 1. The summed E-state index contributed by atoms with van der Waals surface area (Å²) < 4.78 is 28.9. The molecule has 0 aliphatic rings. The lowest BCUT2D eigenvalue weighted by atomic mass is 10.1. The number of fused-ring (bicyclic) bond motifs is 1. The fourth-order valence-corrected chi connectivity index (χ4v) is 1.46. The van der Waals surface area contributed by atoms with Gasteiger partial charge in [0.25, 0.3) is 6.43 Å². The summed E-state index contributed by atoms with van der Waals surface area (Å²) in [6, 6.07) is 8.65. The normalized spacial score (nSPS) is 10.8. The van der Waals surface area contributed by atoms with Crippen molar-refractivity contribution in [2.45, 2.75) is 6.43 Å². The van der Waals surface area contributed by atoms with Gasteiger partial charge < -0.3 is 4.74 Å². The van der Waals surface area contributed by atoms with Gasteiger partial charge in [-0.3, -0.25) is 4.79 Å². The van der Waals surface area contributed by atoms with Gasteiger partial charge in [0.15, 0.2) is 12.9 Å². The minimum Gasteiger partial charge on any atom is -0.471 e. The molecule has 0 bridgehead atoms. The molecule has 0 radical (unpaired) electrons. The van der Waals surface area contributed by atoms with Gasteiger partial charge in [0.2, 0.25) is 5.88 Å². The number of hydrogen-bond donors (Lipinski definition) is 0. The maximum Gasteiger partial charge on any atom is 0.272 e. The SMILES string of the molecule is O=Cc1cc2ccccc2nc1OCC(F)F. The van der Waals surface area contributed by atoms with Crippen LogP contribution >= 0.6 is 0 Å². The highest BCUT2D eigenvalue weighted by Gasteiger charge is 2.10. The molecular weight excluding hydrogens is 228 g/mol. The van der Waals surface area contributed by atoms with E-state index >= 15 is 0 Å². The van der Waals surface area contributed by atoms with Gasteiger partial charge in [0.1, 0.15) is 0 Å². The topological polar surface area (TPSA) is 39.2 Å². The first-order chi connectivity index (χ1) is 8.20. The molecule has 1 aromatic carbocycles. The van der Waals surface area contributed by atoms with Crippen molar-refractivity contribution in [2.75, 3.05) is 6.61 Å². The number of hydrogen-bond acceptors (Lipinski definition) is 3. The highest BCUT2D eigenvalue weighted by atomic mass is 19.3. The first kappa shape index (κ1) is 11.4. The Morgan fingerprint density at radius 1 is 1.35 bits per heavy atom. The molecule has 2 rings (SSSR count). The quantitative estimate of drug-likeness (QED) is 0.767. The lowest BCUT2D eigenvalue weighted by Crippen LogP contribution is -2.09. The maximum absolute atomic E-state index is 12.0. The second-order valence-electron chi connectivity index (χ2n) is 3.40. The molecule has 0 aliphatic heterocycles. The van der Waals surface area contributed by atoms with Gasteiger partial charge in [-0.05, 0) is 12.1 Å². The summed E-state index contributed by atoms with van der Waals surface area (Å²) in [6.07, 6.45) is -2.05. The van der Waals surface area contributed by atoms with Crippen LogP contribution in [0.4, 0.5) is 8.78 Å². The summed E-state index contributed by atoms with van der Waals surface area (Å²) in [5, 5.41) is 0.763. The van der Waals surface area contributed by atoms with Crippen LogP contribution in [0.5, 0.6) is 5.88 Å². The standard InChI is InChI=1S/C12H9F2NO2/c13-11(14)7-17-12-9(6-16)5-8-3-1-2-4-10(8)15-12/h1-6,11H,7H2. The second kappa shape index (κ2) is 4.86. The third kappa shape index (κ3) is 2.55. The Hall–Kier alpha value is -2.04. The fraction of sp³-hybridized carbons (Fsp3) is 0.167. The molecule has 0 saturated heterocycles. The predicted octanol–water partition coefficient (Wildman–Crippen LogP) is 2.69. The molecule has 5 heteroatoms. The summed E-state index contributed by atoms with van der Waals surface area (Å²) in [7, 11) is 0. The van der Waals surface area contributed by atoms with E-state index in [1.807, 2.05) is 0 Å². The number of carbonyl (C=O) groups excluding carboxylic acids is 1. The number of alkyl halides is 2. The first-order valence-electron chi connectivity index (χ1n) is 4.96. The molecule has 0 fully saturated rings. The second-order valence-corrected chi connectivity index (χ2v) is 3.40. The van der Waals surface area contributed by atoms with Crippen LogP contribution in [0.3, 0.4) is 0 Å². The number of halogens is 2. The van der Waals surface area contributed by atoms with Gasteiger partial charge in [-0.1, -0.05) is 18.2 Å². The molecule has 88 valence electrons. The first-order valence-corrected chi connectivity index (χ1v) is 4.96. The third-order valence-electron chi connectivity index (χ3n) is 2.19. The molecule has 1 aromatic heterocycles. The van der Waals surface area contributed by atoms with E-state index in [1.165, 1.54) is 0 Å². The molecule has 17 heavy (non-hydrogen) atoms. The third-order valence-corrected chi connectivity index (χ3v) is 2.19. The largest absolute Gasteiger partial charge is 0.471 e. The van der Waals surface area contributed by atoms with Crippen LogP contribution in [0.15, 0.2) is 30.3 Å². The molecule has 3 nitrogen and oxygen atoms in total. The van der Waals surface area contributed by atoms with Crippen molar-refractivity contribution in [2.24, 2.45) is 0 Å². The Kier molecular flexibility index (Phi) is 3.27. The Bertz CT molecular complexity index is 543. The summed E-state index contributed by atoms with van der Waals surface area (Å²) in [5.74, 6) is -0.0565. The van der Waals surface area contributed by atoms with Gasteiger partial charge in [-0.25, -0.2) is 13.8 Å². The van der Waals surface area contributed by atoms with Crippen molar-refractivity contribution < 1.29 is 18.3 Å². The van der Waals surface area contributed by atoms with Crippen molar-refractivity contribution >= 4 is 17.2 Å². The highest BCUT2D eigenvalue weighted by molar-refractivity contribution is 5.88. The molecule has 0 N–H and O–H groups in total. The number of rotatable bonds is 4. The minimum atomic E-state index is -2.59. The molecule has 2 aromatic rings. The van der Waals surface area contributed by atoms with Gasteiger partial charge in [-0.2, -0.15) is 0 Å². The smallest absolute Gasteiger partial charge is 0.272 e. The Morgan fingerprint density at radius 3 is 2.82 bits per heavy atom. The average Bonchev–Trinajstić information content (AvgIpc) is 2.35. The number of nitrogens with zero attached hydrogens (tertiary/aromatic N) is 1. The van der Waals surface area contributed by atoms with Crippen LogP contribution in [-0.2, 0) is 0 Å². The zero-order chi connectivity index (χ0) is 12.3. The average molecular weight is 237 g/mol. The van der Waals surface area contributed by atoms with Gasteiger partial charge in [-0.15, -0.1) is 0 Å². The van der Waals surface area contributed by atoms with Crippen molar-refractivity contribution in [1.82, 2.24) is 4.98 Å². The zero-order valence-electron chi connectivity index (χ0n) is 8.77. The van der Waals surface area contributed by atoms with Crippen LogP contribution in [0, 0.1) is 0 Å². The molecule has 0 unspecified atom stereocenters. The van der Waals surface area contributed by atoms with E-state index in [1.54, 1.807) is 30.3 Å². The Balaban J connectivity index is 2.42. The van der Waals surface area contributed by atoms with Crippen molar-refractivity contribution in [1.29, 1.82) is 0 Å². The van der Waals surface area contributed by atoms with E-state index in [0.717, 1.165) is 5.39 Å². The monoisotopic (exact) mass is 237 g/mol. The Labute approximate surface area is 96.0 Å². The lowest BCUT2D eigenvalue weighted by Gasteiger charge is -2.08. The Morgan fingerprint density at radius 2 is 2.12 bits per heavy atom. The molecule has 0 amide bonds. The van der Waals surface area contributed by atoms with Crippen LogP contribution in [-0.4, -0.2) is 24.3 Å². The molecule has 0 atom stereocenters. The maximum atomic E-state index is 12.0. The number of para-hydroxylation sites is 1. The molecular formula is C12H9F2NO2. The van der Waals surface area contributed by atoms with E-state index in [4.69, 9.17) is 4.74 Å². The number of benzene rings is 1. The van der Waals surface area contributed by atoms with Gasteiger partial charge >= 0.3 is 0 Å². The van der Waals surface area contributed by atoms with E-state index in [2.05, 4.69) is 4.98 Å². The molecule has 0 aliphatic carbocycles. The van der Waals surface area contributed by atoms with Crippen LogP contribution in [0.25, 0.3) is 10.9 Å². The predicted molar refractivity (Wildman–Crippen MR) is 58.6 cm³/mol. The zero-order valence-corrected chi connectivity index (χ0v) is 8.77. The van der Waals surface area contributed by atoms with Crippen LogP contribution in [0.2, 0.25) is 0 Å². The summed E-state index contributed by atoms with van der Waals surface area (Å²) in [5.41, 5.74) is 0.770. The van der Waals surface area contributed by atoms with Gasteiger partial charge in [0.05, 0.1) is 11.1 Å².